The molecule has 2 unspecified atom stereocenters. The highest BCUT2D eigenvalue weighted by Gasteiger charge is 2.18. The lowest BCUT2D eigenvalue weighted by Gasteiger charge is -2.19. The van der Waals surface area contributed by atoms with Crippen LogP contribution in [0.4, 0.5) is 0 Å². The van der Waals surface area contributed by atoms with Crippen LogP contribution in [0.5, 0.6) is 0 Å². The van der Waals surface area contributed by atoms with E-state index >= 15 is 0 Å². The van der Waals surface area contributed by atoms with Crippen molar-refractivity contribution in [1.29, 1.82) is 0 Å². The minimum Gasteiger partial charge on any atom is -0.394 e. The van der Waals surface area contributed by atoms with Crippen LogP contribution < -0.4 is 5.32 Å². The van der Waals surface area contributed by atoms with Gasteiger partial charge >= 0.3 is 0 Å². The van der Waals surface area contributed by atoms with Crippen molar-refractivity contribution in [2.75, 3.05) is 6.61 Å². The van der Waals surface area contributed by atoms with Gasteiger partial charge in [-0.3, -0.25) is 4.79 Å². The molecule has 4 nitrogen and oxygen atoms in total. The van der Waals surface area contributed by atoms with Crippen LogP contribution in [0.15, 0.2) is 48.6 Å². The molecule has 0 heterocycles. The topological polar surface area (TPSA) is 69.6 Å². The van der Waals surface area contributed by atoms with Crippen molar-refractivity contribution in [1.82, 2.24) is 5.32 Å². The van der Waals surface area contributed by atoms with Crippen LogP contribution in [0, 0.1) is 0 Å². The number of nitrogens with one attached hydrogen (secondary N) is 1. The molecule has 0 aromatic heterocycles. The lowest BCUT2D eigenvalue weighted by atomic mass is 10.0. The molecule has 0 rings (SSSR count). The molecule has 3 N–H and O–H groups in total. The first-order chi connectivity index (χ1) is 36.7. The number of rotatable bonds is 63. The van der Waals surface area contributed by atoms with Gasteiger partial charge in [-0.1, -0.05) is 345 Å². The fourth-order valence-corrected chi connectivity index (χ4v) is 10.6. The molecule has 0 bridgehead atoms. The molecule has 0 aromatic carbocycles. The van der Waals surface area contributed by atoms with Gasteiger partial charge in [0.15, 0.2) is 0 Å². The normalized spacial score (nSPS) is 13.0. The summed E-state index contributed by atoms with van der Waals surface area (Å²) in [6, 6.07) is -0.647. The molecule has 1 amide bonds. The van der Waals surface area contributed by atoms with Gasteiger partial charge in [-0.2, -0.15) is 0 Å². The van der Waals surface area contributed by atoms with Crippen LogP contribution in [-0.4, -0.2) is 34.9 Å². The van der Waals surface area contributed by atoms with Crippen molar-refractivity contribution >= 4 is 5.91 Å². The Morgan fingerprint density at radius 3 is 0.784 bits per heavy atom. The van der Waals surface area contributed by atoms with Crippen LogP contribution in [-0.2, 0) is 4.79 Å². The Kier molecular flexibility index (Phi) is 64.2. The maximum Gasteiger partial charge on any atom is 0.220 e. The number of hydrogen-bond acceptors (Lipinski definition) is 3. The zero-order chi connectivity index (χ0) is 53.4. The minimum absolute atomic E-state index is 0.0722. The first-order valence-electron chi connectivity index (χ1n) is 33.9. The molecular formula is C70H133NO3. The molecule has 0 fully saturated rings. The average molecular weight is 1040 g/mol. The van der Waals surface area contributed by atoms with Gasteiger partial charge < -0.3 is 15.5 Å². The molecule has 436 valence electrons. The van der Waals surface area contributed by atoms with Crippen LogP contribution in [0.1, 0.15) is 373 Å². The molecule has 0 aromatic rings. The quantitative estimate of drug-likeness (QED) is 0.0420. The number of amides is 1. The van der Waals surface area contributed by atoms with E-state index in [2.05, 4.69) is 55.6 Å². The summed E-state index contributed by atoms with van der Waals surface area (Å²) in [5, 5.41) is 23.2. The Morgan fingerprint density at radius 1 is 0.311 bits per heavy atom. The van der Waals surface area contributed by atoms with E-state index in [0.717, 1.165) is 38.5 Å². The standard InChI is InChI=1S/C70H133NO3/c1-3-5-7-9-11-13-15-17-19-21-23-25-27-28-29-30-31-32-33-34-35-36-37-38-39-40-41-42-44-46-48-50-52-54-56-58-60-62-64-66-70(74)71-68(67-72)69(73)65-63-61-59-57-55-53-51-49-47-45-43-26-24-22-20-18-16-14-12-10-8-6-4-2/h34-35,47,49,55,57,63,65,68-69,72-73H,3-33,36-46,48,50-54,56,58-62,64,66-67H2,1-2H3,(H,71,74)/b35-34-,49-47+,57-55+,65-63+. The molecule has 2 atom stereocenters. The third kappa shape index (κ3) is 61.2. The van der Waals surface area contributed by atoms with Gasteiger partial charge in [-0.05, 0) is 70.6 Å². The second kappa shape index (κ2) is 65.6. The highest BCUT2D eigenvalue weighted by atomic mass is 16.3. The summed E-state index contributed by atoms with van der Waals surface area (Å²) in [5.74, 6) is -0.0722. The summed E-state index contributed by atoms with van der Waals surface area (Å²) in [4.78, 5) is 12.5. The minimum atomic E-state index is -0.872. The van der Waals surface area contributed by atoms with E-state index in [1.807, 2.05) is 6.08 Å². The fraction of sp³-hybridized carbons (Fsp3) is 0.871. The van der Waals surface area contributed by atoms with Gasteiger partial charge in [0.05, 0.1) is 18.8 Å². The Labute approximate surface area is 464 Å². The molecule has 0 saturated carbocycles. The summed E-state index contributed by atoms with van der Waals surface area (Å²) < 4.78 is 0. The van der Waals surface area contributed by atoms with E-state index in [4.69, 9.17) is 0 Å². The van der Waals surface area contributed by atoms with E-state index in [-0.39, 0.29) is 12.5 Å². The fourth-order valence-electron chi connectivity index (χ4n) is 10.6. The molecule has 0 saturated heterocycles. The van der Waals surface area contributed by atoms with E-state index in [0.29, 0.717) is 6.42 Å². The third-order valence-corrected chi connectivity index (χ3v) is 15.8. The molecule has 0 radical (unpaired) electrons. The highest BCUT2D eigenvalue weighted by Crippen LogP contribution is 2.18. The van der Waals surface area contributed by atoms with Crippen LogP contribution >= 0.6 is 0 Å². The monoisotopic (exact) mass is 1040 g/mol. The number of carbonyl (C=O) groups is 1. The number of aliphatic hydroxyl groups excluding tert-OH is 2. The Balaban J connectivity index is 3.45. The van der Waals surface area contributed by atoms with Crippen molar-refractivity contribution in [3.05, 3.63) is 48.6 Å². The smallest absolute Gasteiger partial charge is 0.220 e. The van der Waals surface area contributed by atoms with Crippen molar-refractivity contribution in [3.8, 4) is 0 Å². The molecule has 0 spiro atoms. The van der Waals surface area contributed by atoms with Gasteiger partial charge in [-0.25, -0.2) is 0 Å². The van der Waals surface area contributed by atoms with Crippen molar-refractivity contribution in [2.45, 2.75) is 386 Å². The molecule has 0 aliphatic rings. The van der Waals surface area contributed by atoms with E-state index in [1.165, 1.54) is 315 Å². The third-order valence-electron chi connectivity index (χ3n) is 15.8. The van der Waals surface area contributed by atoms with E-state index in [9.17, 15) is 15.0 Å². The first kappa shape index (κ1) is 72.3. The predicted octanol–water partition coefficient (Wildman–Crippen LogP) is 22.9. The molecule has 0 aliphatic heterocycles. The van der Waals surface area contributed by atoms with Crippen molar-refractivity contribution in [2.24, 2.45) is 0 Å². The number of hydrogen-bond donors (Lipinski definition) is 3. The molecular weight excluding hydrogens is 903 g/mol. The molecule has 74 heavy (non-hydrogen) atoms. The van der Waals surface area contributed by atoms with Gasteiger partial charge in [0.25, 0.3) is 0 Å². The lowest BCUT2D eigenvalue weighted by Crippen LogP contribution is -2.45. The average Bonchev–Trinajstić information content (AvgIpc) is 3.40. The zero-order valence-corrected chi connectivity index (χ0v) is 50.4. The predicted molar refractivity (Wildman–Crippen MR) is 331 cm³/mol. The summed E-state index contributed by atoms with van der Waals surface area (Å²) in [6.07, 6.45) is 92.0. The van der Waals surface area contributed by atoms with Crippen LogP contribution in [0.2, 0.25) is 0 Å². The molecule has 4 heteroatoms. The highest BCUT2D eigenvalue weighted by molar-refractivity contribution is 5.76. The Morgan fingerprint density at radius 2 is 0.527 bits per heavy atom. The first-order valence-corrected chi connectivity index (χ1v) is 33.9. The summed E-state index contributed by atoms with van der Waals surface area (Å²) in [7, 11) is 0. The summed E-state index contributed by atoms with van der Waals surface area (Å²) in [6.45, 7) is 4.33. The van der Waals surface area contributed by atoms with Gasteiger partial charge in [0, 0.05) is 6.42 Å². The van der Waals surface area contributed by atoms with Gasteiger partial charge in [0.1, 0.15) is 0 Å². The number of aliphatic hydroxyl groups is 2. The number of unbranched alkanes of at least 4 members (excludes halogenated alkanes) is 50. The SMILES string of the molecule is CCCCCCCCCCCCCCC/C=C/CC/C=C/CC/C=C/C(O)C(CO)NC(=O)CCCCCCCCCCCCCCCCCCC/C=C\CCCCCCCCCCCCCCCCCCCC. The van der Waals surface area contributed by atoms with Crippen molar-refractivity contribution in [3.63, 3.8) is 0 Å². The second-order valence-electron chi connectivity index (χ2n) is 23.2. The van der Waals surface area contributed by atoms with E-state index in [1.54, 1.807) is 6.08 Å². The maximum atomic E-state index is 12.5. The van der Waals surface area contributed by atoms with Crippen LogP contribution in [0.25, 0.3) is 0 Å². The Hall–Kier alpha value is -1.65. The largest absolute Gasteiger partial charge is 0.394 e. The summed E-state index contributed by atoms with van der Waals surface area (Å²) in [5.41, 5.74) is 0. The number of allylic oxidation sites excluding steroid dienone is 7. The lowest BCUT2D eigenvalue weighted by molar-refractivity contribution is -0.123. The molecule has 0 aliphatic carbocycles. The van der Waals surface area contributed by atoms with Crippen molar-refractivity contribution < 1.29 is 15.0 Å². The Bertz CT molecular complexity index is 1170. The maximum absolute atomic E-state index is 12.5. The zero-order valence-electron chi connectivity index (χ0n) is 50.4. The van der Waals surface area contributed by atoms with E-state index < -0.39 is 12.1 Å². The van der Waals surface area contributed by atoms with Crippen LogP contribution in [0.3, 0.4) is 0 Å². The van der Waals surface area contributed by atoms with Gasteiger partial charge in [0.2, 0.25) is 5.91 Å². The summed E-state index contributed by atoms with van der Waals surface area (Å²) >= 11 is 0. The number of carbonyl (C=O) groups excluding carboxylic acids is 1. The second-order valence-corrected chi connectivity index (χ2v) is 23.2. The van der Waals surface area contributed by atoms with Gasteiger partial charge in [-0.15, -0.1) is 0 Å².